The first-order chi connectivity index (χ1) is 20.4. The van der Waals surface area contributed by atoms with Gasteiger partial charge in [0.15, 0.2) is 0 Å². The van der Waals surface area contributed by atoms with Crippen LogP contribution in [-0.4, -0.2) is 0 Å². The lowest BCUT2D eigenvalue weighted by Crippen LogP contribution is -2.15. The normalized spacial score (nSPS) is 15.0. The van der Waals surface area contributed by atoms with E-state index in [9.17, 15) is 0 Å². The molecule has 0 bridgehead atoms. The topological polar surface area (TPSA) is 9.23 Å². The Morgan fingerprint density at radius 3 is 1.51 bits per heavy atom. The first kappa shape index (κ1) is 27.2. The van der Waals surface area contributed by atoms with Gasteiger partial charge in [0, 0.05) is 10.6 Å². The smallest absolute Gasteiger partial charge is 0.135 e. The van der Waals surface area contributed by atoms with Crippen LogP contribution < -0.4 is 21.2 Å². The van der Waals surface area contributed by atoms with Gasteiger partial charge in [-0.2, -0.15) is 0 Å². The minimum absolute atomic E-state index is 0.817. The Bertz CT molecular complexity index is 1550. The number of benzene rings is 4. The standard InChI is InChI=1S/C38H32OP2/c1-7-19-31(20-8-1)40(32-21-9-2-10-22-32)37-29-17-5-15-27-35(37)39-36-28-16-6-18-30-38(36)41(33-23-11-3-12-24-33)34-25-13-4-14-26-34/h1-5,7-14,16-30H,6,15H2. The van der Waals surface area contributed by atoms with Gasteiger partial charge in [0.1, 0.15) is 11.5 Å². The minimum atomic E-state index is -0.819. The molecule has 0 saturated heterocycles. The van der Waals surface area contributed by atoms with E-state index in [-0.39, 0.29) is 0 Å². The summed E-state index contributed by atoms with van der Waals surface area (Å²) in [7, 11) is -1.64. The molecule has 6 rings (SSSR count). The number of hydrogen-bond donors (Lipinski definition) is 0. The Morgan fingerprint density at radius 1 is 0.488 bits per heavy atom. The van der Waals surface area contributed by atoms with Crippen molar-refractivity contribution < 1.29 is 4.74 Å². The minimum Gasteiger partial charge on any atom is -0.456 e. The molecule has 0 atom stereocenters. The highest BCUT2D eigenvalue weighted by Gasteiger charge is 2.26. The van der Waals surface area contributed by atoms with E-state index >= 15 is 0 Å². The number of rotatable bonds is 8. The molecular weight excluding hydrogens is 534 g/mol. The third-order valence-corrected chi connectivity index (χ3v) is 11.9. The van der Waals surface area contributed by atoms with E-state index in [1.165, 1.54) is 31.8 Å². The van der Waals surface area contributed by atoms with Crippen LogP contribution in [0.3, 0.4) is 0 Å². The summed E-state index contributed by atoms with van der Waals surface area (Å²) < 4.78 is 7.09. The molecule has 0 radical (unpaired) electrons. The Hall–Kier alpha value is -4.02. The van der Waals surface area contributed by atoms with Crippen LogP contribution in [0.2, 0.25) is 0 Å². The van der Waals surface area contributed by atoms with Crippen molar-refractivity contribution in [3.05, 3.63) is 192 Å². The van der Waals surface area contributed by atoms with Gasteiger partial charge in [0.25, 0.3) is 0 Å². The van der Waals surface area contributed by atoms with Crippen LogP contribution in [0.4, 0.5) is 0 Å². The fourth-order valence-corrected chi connectivity index (χ4v) is 9.81. The molecule has 3 heteroatoms. The summed E-state index contributed by atoms with van der Waals surface area (Å²) >= 11 is 0. The van der Waals surface area contributed by atoms with Crippen LogP contribution in [-0.2, 0) is 4.74 Å². The molecule has 0 aliphatic heterocycles. The van der Waals surface area contributed by atoms with Gasteiger partial charge in [-0.1, -0.05) is 158 Å². The summed E-state index contributed by atoms with van der Waals surface area (Å²) in [4.78, 5) is 0. The molecule has 4 aromatic carbocycles. The fourth-order valence-electron chi connectivity index (χ4n) is 5.03. The molecule has 1 nitrogen and oxygen atoms in total. The van der Waals surface area contributed by atoms with Crippen molar-refractivity contribution in [1.82, 2.24) is 0 Å². The van der Waals surface area contributed by atoms with Gasteiger partial charge < -0.3 is 4.74 Å². The second-order valence-electron chi connectivity index (χ2n) is 9.69. The average molecular weight is 567 g/mol. The van der Waals surface area contributed by atoms with Gasteiger partial charge in [-0.05, 0) is 62.1 Å². The van der Waals surface area contributed by atoms with E-state index < -0.39 is 15.8 Å². The van der Waals surface area contributed by atoms with Crippen molar-refractivity contribution in [2.75, 3.05) is 0 Å². The van der Waals surface area contributed by atoms with Crippen molar-refractivity contribution in [3.8, 4) is 0 Å². The number of allylic oxidation sites excluding steroid dienone is 10. The molecule has 0 fully saturated rings. The molecule has 0 saturated carbocycles. The SMILES string of the molecule is C1=CCC=C(OC2=C(P(c3ccccc3)c3ccccc3)C=CCC=C2)C(P(c2ccccc2)c2ccccc2)=C1. The summed E-state index contributed by atoms with van der Waals surface area (Å²) in [5, 5.41) is 7.70. The van der Waals surface area contributed by atoms with Crippen molar-refractivity contribution >= 4 is 37.1 Å². The highest BCUT2D eigenvalue weighted by molar-refractivity contribution is 7.77. The largest absolute Gasteiger partial charge is 0.456 e. The highest BCUT2D eigenvalue weighted by Crippen LogP contribution is 2.50. The maximum absolute atomic E-state index is 7.09. The number of hydrogen-bond acceptors (Lipinski definition) is 1. The Balaban J connectivity index is 1.47. The first-order valence-electron chi connectivity index (χ1n) is 14.0. The van der Waals surface area contributed by atoms with E-state index in [4.69, 9.17) is 4.74 Å². The maximum Gasteiger partial charge on any atom is 0.135 e. The molecule has 2 aliphatic carbocycles. The summed E-state index contributed by atoms with van der Waals surface area (Å²) in [6.45, 7) is 0. The van der Waals surface area contributed by atoms with Crippen LogP contribution in [0.25, 0.3) is 0 Å². The lowest BCUT2D eigenvalue weighted by Gasteiger charge is -2.26. The molecule has 0 spiro atoms. The van der Waals surface area contributed by atoms with E-state index in [2.05, 4.69) is 170 Å². The lowest BCUT2D eigenvalue weighted by molar-refractivity contribution is 0.332. The second kappa shape index (κ2) is 13.6. The van der Waals surface area contributed by atoms with Crippen LogP contribution in [0.15, 0.2) is 192 Å². The Kier molecular flexibility index (Phi) is 8.98. The monoisotopic (exact) mass is 566 g/mol. The third kappa shape index (κ3) is 6.49. The van der Waals surface area contributed by atoms with E-state index in [1.54, 1.807) is 0 Å². The molecule has 0 heterocycles. The Labute approximate surface area is 246 Å². The quantitative estimate of drug-likeness (QED) is 0.194. The van der Waals surface area contributed by atoms with E-state index in [0.717, 1.165) is 24.4 Å². The van der Waals surface area contributed by atoms with Crippen LogP contribution in [0.5, 0.6) is 0 Å². The molecule has 0 aromatic heterocycles. The summed E-state index contributed by atoms with van der Waals surface area (Å²) in [6.07, 6.45) is 19.5. The van der Waals surface area contributed by atoms with Gasteiger partial charge in [-0.25, -0.2) is 0 Å². The predicted molar refractivity (Wildman–Crippen MR) is 179 cm³/mol. The lowest BCUT2D eigenvalue weighted by atomic mass is 10.3. The fraction of sp³-hybridized carbons (Fsp3) is 0.0526. The van der Waals surface area contributed by atoms with Crippen LogP contribution >= 0.6 is 15.8 Å². The van der Waals surface area contributed by atoms with Crippen LogP contribution in [0.1, 0.15) is 12.8 Å². The summed E-state index contributed by atoms with van der Waals surface area (Å²) in [5.74, 6) is 1.87. The molecule has 0 N–H and O–H groups in total. The molecule has 4 aromatic rings. The zero-order valence-corrected chi connectivity index (χ0v) is 24.7. The molecular formula is C38H32OP2. The second-order valence-corrected chi connectivity index (χ2v) is 14.1. The zero-order chi connectivity index (χ0) is 27.7. The third-order valence-electron chi connectivity index (χ3n) is 6.91. The van der Waals surface area contributed by atoms with Crippen molar-refractivity contribution in [1.29, 1.82) is 0 Å². The van der Waals surface area contributed by atoms with Gasteiger partial charge in [0.2, 0.25) is 0 Å². The predicted octanol–water partition coefficient (Wildman–Crippen LogP) is 8.72. The van der Waals surface area contributed by atoms with Gasteiger partial charge in [-0.15, -0.1) is 0 Å². The Morgan fingerprint density at radius 2 is 0.976 bits per heavy atom. The highest BCUT2D eigenvalue weighted by atomic mass is 31.1. The van der Waals surface area contributed by atoms with Crippen molar-refractivity contribution in [2.45, 2.75) is 12.8 Å². The molecule has 2 aliphatic rings. The van der Waals surface area contributed by atoms with Crippen LogP contribution in [0, 0.1) is 0 Å². The van der Waals surface area contributed by atoms with Crippen molar-refractivity contribution in [2.24, 2.45) is 0 Å². The molecule has 200 valence electrons. The zero-order valence-electron chi connectivity index (χ0n) is 22.9. The van der Waals surface area contributed by atoms with E-state index in [1.807, 2.05) is 0 Å². The van der Waals surface area contributed by atoms with Crippen molar-refractivity contribution in [3.63, 3.8) is 0 Å². The molecule has 41 heavy (non-hydrogen) atoms. The van der Waals surface area contributed by atoms with Gasteiger partial charge >= 0.3 is 0 Å². The first-order valence-corrected chi connectivity index (χ1v) is 16.7. The van der Waals surface area contributed by atoms with Gasteiger partial charge in [0.05, 0.1) is 0 Å². The van der Waals surface area contributed by atoms with E-state index in [0.29, 0.717) is 0 Å². The summed E-state index contributed by atoms with van der Waals surface area (Å²) in [5.41, 5.74) is 0. The molecule has 0 amide bonds. The summed E-state index contributed by atoms with van der Waals surface area (Å²) in [6, 6.07) is 43.4. The number of ether oxygens (including phenoxy) is 1. The van der Waals surface area contributed by atoms with Gasteiger partial charge in [-0.3, -0.25) is 0 Å². The maximum atomic E-state index is 7.09. The average Bonchev–Trinajstić information content (AvgIpc) is 3.41. The molecule has 0 unspecified atom stereocenters.